The molecule has 0 saturated carbocycles. The van der Waals surface area contributed by atoms with Crippen LogP contribution in [0, 0.1) is 6.26 Å². The fourth-order valence-corrected chi connectivity index (χ4v) is 0.901. The molecule has 2 heteroatoms. The molecule has 0 aliphatic rings. The quantitative estimate of drug-likeness (QED) is 0.635. The van der Waals surface area contributed by atoms with Crippen LogP contribution in [0.1, 0.15) is 5.56 Å². The van der Waals surface area contributed by atoms with Gasteiger partial charge in [0.15, 0.2) is 5.76 Å². The van der Waals surface area contributed by atoms with Gasteiger partial charge in [-0.1, -0.05) is 30.3 Å². The summed E-state index contributed by atoms with van der Waals surface area (Å²) in [6, 6.07) is 9.69. The zero-order valence-corrected chi connectivity index (χ0v) is 7.20. The Morgan fingerprint density at radius 2 is 1.83 bits per heavy atom. The van der Waals surface area contributed by atoms with Gasteiger partial charge in [-0.25, -0.2) is 0 Å². The van der Waals surface area contributed by atoms with Gasteiger partial charge in [0.2, 0.25) is 6.26 Å². The summed E-state index contributed by atoms with van der Waals surface area (Å²) in [5, 5.41) is 0. The first-order chi connectivity index (χ1) is 5.88. The Morgan fingerprint density at radius 3 is 2.33 bits per heavy atom. The molecule has 1 aromatic carbocycles. The number of rotatable bonds is 3. The Bertz CT molecular complexity index is 252. The van der Waals surface area contributed by atoms with Crippen LogP contribution in [0.25, 0.3) is 5.76 Å². The van der Waals surface area contributed by atoms with E-state index in [4.69, 9.17) is 9.47 Å². The van der Waals surface area contributed by atoms with Gasteiger partial charge < -0.3 is 9.47 Å². The predicted octanol–water partition coefficient (Wildman–Crippen LogP) is 2.08. The Balaban J connectivity index is 2.88. The summed E-state index contributed by atoms with van der Waals surface area (Å²) >= 11 is 0. The first-order valence-electron chi connectivity index (χ1n) is 3.64. The first-order valence-corrected chi connectivity index (χ1v) is 3.64. The third kappa shape index (κ3) is 2.02. The van der Waals surface area contributed by atoms with E-state index in [0.29, 0.717) is 5.76 Å². The van der Waals surface area contributed by atoms with E-state index in [2.05, 4.69) is 6.26 Å². The van der Waals surface area contributed by atoms with Crippen molar-refractivity contribution < 1.29 is 9.47 Å². The van der Waals surface area contributed by atoms with Crippen molar-refractivity contribution in [2.75, 3.05) is 14.2 Å². The predicted molar refractivity (Wildman–Crippen MR) is 47.1 cm³/mol. The number of hydrogen-bond acceptors (Lipinski definition) is 2. The van der Waals surface area contributed by atoms with E-state index >= 15 is 0 Å². The van der Waals surface area contributed by atoms with Gasteiger partial charge in [0, 0.05) is 5.56 Å². The van der Waals surface area contributed by atoms with Gasteiger partial charge in [-0.15, -0.1) is 0 Å². The van der Waals surface area contributed by atoms with Crippen molar-refractivity contribution in [1.82, 2.24) is 0 Å². The van der Waals surface area contributed by atoms with Gasteiger partial charge in [-0.3, -0.25) is 0 Å². The van der Waals surface area contributed by atoms with Crippen molar-refractivity contribution in [3.05, 3.63) is 42.2 Å². The standard InChI is InChI=1S/C10H11O2/c1-11-8-10(12-2)9-6-4-3-5-7-9/h3-7H,1-2H3. The summed E-state index contributed by atoms with van der Waals surface area (Å²) in [6.45, 7) is 0. The molecule has 0 spiro atoms. The number of benzene rings is 1. The highest BCUT2D eigenvalue weighted by molar-refractivity contribution is 5.56. The van der Waals surface area contributed by atoms with E-state index in [1.807, 2.05) is 30.3 Å². The Kier molecular flexibility index (Phi) is 3.20. The van der Waals surface area contributed by atoms with E-state index in [9.17, 15) is 0 Å². The van der Waals surface area contributed by atoms with Crippen molar-refractivity contribution in [2.24, 2.45) is 0 Å². The molecule has 63 valence electrons. The molecule has 2 nitrogen and oxygen atoms in total. The van der Waals surface area contributed by atoms with Gasteiger partial charge in [0.1, 0.15) is 0 Å². The Morgan fingerprint density at radius 1 is 1.17 bits per heavy atom. The van der Waals surface area contributed by atoms with Crippen LogP contribution in [-0.4, -0.2) is 14.2 Å². The van der Waals surface area contributed by atoms with Gasteiger partial charge in [-0.2, -0.15) is 0 Å². The van der Waals surface area contributed by atoms with Crippen LogP contribution in [0.2, 0.25) is 0 Å². The Labute approximate surface area is 72.4 Å². The molecule has 1 rings (SSSR count). The van der Waals surface area contributed by atoms with E-state index in [-0.39, 0.29) is 0 Å². The van der Waals surface area contributed by atoms with Gasteiger partial charge in [0.05, 0.1) is 14.2 Å². The molecule has 0 heterocycles. The molecular weight excluding hydrogens is 152 g/mol. The van der Waals surface area contributed by atoms with E-state index < -0.39 is 0 Å². The van der Waals surface area contributed by atoms with Crippen LogP contribution in [0.3, 0.4) is 0 Å². The molecule has 1 aromatic rings. The second kappa shape index (κ2) is 4.44. The fraction of sp³-hybridized carbons (Fsp3) is 0.200. The lowest BCUT2D eigenvalue weighted by Crippen LogP contribution is -1.87. The maximum absolute atomic E-state index is 5.06. The van der Waals surface area contributed by atoms with E-state index in [1.165, 1.54) is 0 Å². The number of ether oxygens (including phenoxy) is 2. The SMILES string of the molecule is CO[C]=C(OC)c1ccccc1. The second-order valence-electron chi connectivity index (χ2n) is 2.21. The summed E-state index contributed by atoms with van der Waals surface area (Å²) in [6.07, 6.45) is 2.64. The molecule has 0 aromatic heterocycles. The molecule has 0 aliphatic carbocycles. The van der Waals surface area contributed by atoms with Gasteiger partial charge >= 0.3 is 0 Å². The molecule has 0 fully saturated rings. The average molecular weight is 163 g/mol. The van der Waals surface area contributed by atoms with Crippen molar-refractivity contribution in [2.45, 2.75) is 0 Å². The lowest BCUT2D eigenvalue weighted by atomic mass is 10.2. The largest absolute Gasteiger partial charge is 0.492 e. The fourth-order valence-electron chi connectivity index (χ4n) is 0.901. The van der Waals surface area contributed by atoms with E-state index in [0.717, 1.165) is 5.56 Å². The van der Waals surface area contributed by atoms with Crippen LogP contribution < -0.4 is 0 Å². The number of methoxy groups -OCH3 is 2. The van der Waals surface area contributed by atoms with Crippen molar-refractivity contribution in [3.8, 4) is 0 Å². The lowest BCUT2D eigenvalue weighted by Gasteiger charge is -2.03. The average Bonchev–Trinajstić information content (AvgIpc) is 2.15. The van der Waals surface area contributed by atoms with Gasteiger partial charge in [-0.05, 0) is 0 Å². The molecule has 0 atom stereocenters. The molecule has 0 saturated heterocycles. The Hall–Kier alpha value is -1.44. The van der Waals surface area contributed by atoms with Crippen molar-refractivity contribution >= 4 is 5.76 Å². The summed E-state index contributed by atoms with van der Waals surface area (Å²) in [7, 11) is 3.14. The third-order valence-corrected chi connectivity index (χ3v) is 1.43. The van der Waals surface area contributed by atoms with Crippen LogP contribution in [-0.2, 0) is 9.47 Å². The zero-order valence-electron chi connectivity index (χ0n) is 7.20. The minimum Gasteiger partial charge on any atom is -0.492 e. The first kappa shape index (κ1) is 8.65. The highest BCUT2D eigenvalue weighted by Gasteiger charge is 1.99. The summed E-state index contributed by atoms with van der Waals surface area (Å²) in [4.78, 5) is 0. The van der Waals surface area contributed by atoms with Crippen molar-refractivity contribution in [1.29, 1.82) is 0 Å². The molecule has 0 N–H and O–H groups in total. The molecule has 0 unspecified atom stereocenters. The van der Waals surface area contributed by atoms with Crippen LogP contribution in [0.15, 0.2) is 30.3 Å². The minimum absolute atomic E-state index is 0.609. The molecule has 0 aliphatic heterocycles. The van der Waals surface area contributed by atoms with Gasteiger partial charge in [0.25, 0.3) is 0 Å². The minimum atomic E-state index is 0.609. The third-order valence-electron chi connectivity index (χ3n) is 1.43. The van der Waals surface area contributed by atoms with E-state index in [1.54, 1.807) is 14.2 Å². The summed E-state index contributed by atoms with van der Waals surface area (Å²) < 4.78 is 9.79. The smallest absolute Gasteiger partial charge is 0.207 e. The lowest BCUT2D eigenvalue weighted by molar-refractivity contribution is 0.284. The molecule has 12 heavy (non-hydrogen) atoms. The monoisotopic (exact) mass is 163 g/mol. The zero-order chi connectivity index (χ0) is 8.81. The molecular formula is C10H11O2. The molecule has 1 radical (unpaired) electrons. The van der Waals surface area contributed by atoms with Crippen LogP contribution >= 0.6 is 0 Å². The maximum Gasteiger partial charge on any atom is 0.207 e. The normalized spacial score (nSPS) is 11.0. The molecule has 0 bridgehead atoms. The summed E-state index contributed by atoms with van der Waals surface area (Å²) in [5.74, 6) is 0.609. The second-order valence-corrected chi connectivity index (χ2v) is 2.21. The van der Waals surface area contributed by atoms with Crippen molar-refractivity contribution in [3.63, 3.8) is 0 Å². The highest BCUT2D eigenvalue weighted by atomic mass is 16.5. The molecule has 0 amide bonds. The summed E-state index contributed by atoms with van der Waals surface area (Å²) in [5.41, 5.74) is 0.960. The highest BCUT2D eigenvalue weighted by Crippen LogP contribution is 2.13. The maximum atomic E-state index is 5.06. The number of hydrogen-bond donors (Lipinski definition) is 0. The van der Waals surface area contributed by atoms with Crippen LogP contribution in [0.4, 0.5) is 0 Å². The topological polar surface area (TPSA) is 18.5 Å². The van der Waals surface area contributed by atoms with Crippen LogP contribution in [0.5, 0.6) is 0 Å².